The van der Waals surface area contributed by atoms with Gasteiger partial charge in [-0.2, -0.15) is 0 Å². The number of rotatable bonds is 4. The molecule has 0 saturated carbocycles. The molecule has 1 aliphatic carbocycles. The van der Waals surface area contributed by atoms with Gasteiger partial charge in [-0.25, -0.2) is 0 Å². The van der Waals surface area contributed by atoms with Gasteiger partial charge < -0.3 is 9.47 Å². The molecular weight excluding hydrogens is 356 g/mol. The molecule has 29 heavy (non-hydrogen) atoms. The Morgan fingerprint density at radius 2 is 1.69 bits per heavy atom. The van der Waals surface area contributed by atoms with E-state index in [1.165, 1.54) is 39.1 Å². The molecule has 3 aromatic rings. The van der Waals surface area contributed by atoms with Gasteiger partial charge in [0.25, 0.3) is 0 Å². The third-order valence-electron chi connectivity index (χ3n) is 6.19. The summed E-state index contributed by atoms with van der Waals surface area (Å²) in [6.07, 6.45) is 9.53. The lowest BCUT2D eigenvalue weighted by Crippen LogP contribution is -2.43. The maximum Gasteiger partial charge on any atom is 0.0520 e. The average Bonchev–Trinajstić information content (AvgIpc) is 3.35. The molecule has 5 rings (SSSR count). The van der Waals surface area contributed by atoms with Crippen LogP contribution in [0.25, 0.3) is 16.7 Å². The second-order valence-corrected chi connectivity index (χ2v) is 8.38. The maximum atomic E-state index is 4.77. The van der Waals surface area contributed by atoms with E-state index >= 15 is 0 Å². The minimum Gasteiger partial charge on any atom is -0.357 e. The third kappa shape index (κ3) is 3.78. The van der Waals surface area contributed by atoms with Gasteiger partial charge in [-0.15, -0.1) is 0 Å². The average molecular weight is 385 g/mol. The number of hydrogen-bond donors (Lipinski definition) is 0. The molecule has 0 amide bonds. The minimum absolute atomic E-state index is 0.920. The molecule has 4 heteroatoms. The highest BCUT2D eigenvalue weighted by Gasteiger charge is 2.19. The van der Waals surface area contributed by atoms with Crippen molar-refractivity contribution in [2.45, 2.75) is 13.0 Å². The number of benzene rings is 1. The molecule has 4 nitrogen and oxygen atoms in total. The molecule has 0 atom stereocenters. The molecular formula is C25H28N4. The zero-order valence-electron chi connectivity index (χ0n) is 17.3. The number of pyridine rings is 1. The summed E-state index contributed by atoms with van der Waals surface area (Å²) in [7, 11) is 4.27. The molecule has 148 valence electrons. The van der Waals surface area contributed by atoms with E-state index in [0.29, 0.717) is 0 Å². The smallest absolute Gasteiger partial charge is 0.0520 e. The first kappa shape index (κ1) is 18.3. The van der Waals surface area contributed by atoms with Crippen LogP contribution in [0.5, 0.6) is 0 Å². The fourth-order valence-corrected chi connectivity index (χ4v) is 4.36. The number of likely N-dealkylation sites (N-methyl/N-ethyl adjacent to an activating group) is 1. The maximum absolute atomic E-state index is 4.77. The van der Waals surface area contributed by atoms with Crippen molar-refractivity contribution in [2.24, 2.45) is 7.05 Å². The van der Waals surface area contributed by atoms with E-state index in [-0.39, 0.29) is 0 Å². The van der Waals surface area contributed by atoms with Gasteiger partial charge >= 0.3 is 0 Å². The molecule has 2 aromatic heterocycles. The van der Waals surface area contributed by atoms with Gasteiger partial charge in [0.2, 0.25) is 0 Å². The Labute approximate surface area is 173 Å². The van der Waals surface area contributed by atoms with Gasteiger partial charge in [-0.1, -0.05) is 30.3 Å². The lowest BCUT2D eigenvalue weighted by Gasteiger charge is -2.32. The predicted octanol–water partition coefficient (Wildman–Crippen LogP) is 3.82. The van der Waals surface area contributed by atoms with Gasteiger partial charge in [-0.05, 0) is 41.4 Å². The summed E-state index contributed by atoms with van der Waals surface area (Å²) in [5.41, 5.74) is 8.85. The summed E-state index contributed by atoms with van der Waals surface area (Å²) >= 11 is 0. The molecule has 1 aliphatic heterocycles. The first-order valence-corrected chi connectivity index (χ1v) is 10.5. The summed E-state index contributed by atoms with van der Waals surface area (Å²) in [4.78, 5) is 9.72. The van der Waals surface area contributed by atoms with E-state index in [1.54, 1.807) is 0 Å². The van der Waals surface area contributed by atoms with Crippen molar-refractivity contribution in [1.82, 2.24) is 19.4 Å². The predicted molar refractivity (Wildman–Crippen MR) is 119 cm³/mol. The Morgan fingerprint density at radius 1 is 0.897 bits per heavy atom. The monoisotopic (exact) mass is 384 g/mol. The van der Waals surface area contributed by atoms with Crippen molar-refractivity contribution in [2.75, 3.05) is 33.2 Å². The van der Waals surface area contributed by atoms with Gasteiger partial charge in [0.1, 0.15) is 0 Å². The van der Waals surface area contributed by atoms with Crippen molar-refractivity contribution in [1.29, 1.82) is 0 Å². The van der Waals surface area contributed by atoms with Crippen LogP contribution in [0, 0.1) is 0 Å². The van der Waals surface area contributed by atoms with Crippen molar-refractivity contribution in [3.63, 3.8) is 0 Å². The van der Waals surface area contributed by atoms with E-state index in [4.69, 9.17) is 4.98 Å². The molecule has 0 unspecified atom stereocenters. The molecule has 0 bridgehead atoms. The Bertz CT molecular complexity index is 1040. The van der Waals surface area contributed by atoms with Crippen molar-refractivity contribution in [3.8, 4) is 11.1 Å². The topological polar surface area (TPSA) is 24.3 Å². The lowest BCUT2D eigenvalue weighted by molar-refractivity contribution is 0.148. The van der Waals surface area contributed by atoms with Crippen molar-refractivity contribution in [3.05, 3.63) is 83.4 Å². The van der Waals surface area contributed by atoms with Crippen LogP contribution in [0.15, 0.2) is 61.1 Å². The number of hydrogen-bond acceptors (Lipinski definition) is 3. The molecule has 1 saturated heterocycles. The lowest BCUT2D eigenvalue weighted by atomic mass is 9.99. The van der Waals surface area contributed by atoms with Crippen LogP contribution in [0.3, 0.4) is 0 Å². The SMILES string of the molecule is CN1CCN(Cc2ccc(-c3cnc4c(c3)C(c3ccn(C)c3)=CC4)cc2)CC1. The zero-order chi connectivity index (χ0) is 19.8. The van der Waals surface area contributed by atoms with Crippen LogP contribution < -0.4 is 0 Å². The summed E-state index contributed by atoms with van der Waals surface area (Å²) in [6, 6.07) is 13.5. The standard InChI is InChI=1S/C25H28N4/c1-27-11-13-29(14-12-27)17-19-3-5-20(6-4-19)22-15-24-23(7-8-25(24)26-16-22)21-9-10-28(2)18-21/h3-7,9-10,15-16,18H,8,11-14,17H2,1-2H3. The second kappa shape index (κ2) is 7.62. The quantitative estimate of drug-likeness (QED) is 0.683. The Kier molecular flexibility index (Phi) is 4.82. The highest BCUT2D eigenvalue weighted by Crippen LogP contribution is 2.34. The van der Waals surface area contributed by atoms with Gasteiger partial charge in [-0.3, -0.25) is 9.88 Å². The minimum atomic E-state index is 0.920. The highest BCUT2D eigenvalue weighted by atomic mass is 15.2. The largest absolute Gasteiger partial charge is 0.357 e. The van der Waals surface area contributed by atoms with E-state index in [2.05, 4.69) is 83.3 Å². The van der Waals surface area contributed by atoms with Crippen LogP contribution in [0.4, 0.5) is 0 Å². The van der Waals surface area contributed by atoms with Gasteiger partial charge in [0.05, 0.1) is 5.69 Å². The Hall–Kier alpha value is -2.69. The Balaban J connectivity index is 1.35. The third-order valence-corrected chi connectivity index (χ3v) is 6.19. The molecule has 1 fully saturated rings. The van der Waals surface area contributed by atoms with E-state index in [1.807, 2.05) is 6.20 Å². The highest BCUT2D eigenvalue weighted by molar-refractivity contribution is 5.85. The number of allylic oxidation sites excluding steroid dienone is 1. The number of piperazine rings is 1. The van der Waals surface area contributed by atoms with Crippen LogP contribution >= 0.6 is 0 Å². The van der Waals surface area contributed by atoms with E-state index < -0.39 is 0 Å². The molecule has 0 radical (unpaired) electrons. The van der Waals surface area contributed by atoms with Gasteiger partial charge in [0, 0.05) is 75.9 Å². The number of aryl methyl sites for hydroxylation is 1. The van der Waals surface area contributed by atoms with E-state index in [0.717, 1.165) is 39.1 Å². The van der Waals surface area contributed by atoms with Gasteiger partial charge in [0.15, 0.2) is 0 Å². The van der Waals surface area contributed by atoms with Crippen LogP contribution in [-0.4, -0.2) is 52.6 Å². The zero-order valence-corrected chi connectivity index (χ0v) is 17.3. The molecule has 1 aromatic carbocycles. The number of aromatic nitrogens is 2. The first-order valence-electron chi connectivity index (χ1n) is 10.5. The Morgan fingerprint density at radius 3 is 2.41 bits per heavy atom. The summed E-state index contributed by atoms with van der Waals surface area (Å²) in [5.74, 6) is 0. The van der Waals surface area contributed by atoms with Crippen LogP contribution in [-0.2, 0) is 20.0 Å². The second-order valence-electron chi connectivity index (χ2n) is 8.38. The van der Waals surface area contributed by atoms with Crippen molar-refractivity contribution < 1.29 is 0 Å². The fourth-order valence-electron chi connectivity index (χ4n) is 4.36. The van der Waals surface area contributed by atoms with Crippen LogP contribution in [0.1, 0.15) is 22.4 Å². The van der Waals surface area contributed by atoms with Crippen LogP contribution in [0.2, 0.25) is 0 Å². The normalized spacial score (nSPS) is 17.4. The van der Waals surface area contributed by atoms with Crippen molar-refractivity contribution >= 4 is 5.57 Å². The molecule has 0 spiro atoms. The number of fused-ring (bicyclic) bond motifs is 1. The number of nitrogens with zero attached hydrogens (tertiary/aromatic N) is 4. The molecule has 3 heterocycles. The van der Waals surface area contributed by atoms with E-state index in [9.17, 15) is 0 Å². The fraction of sp³-hybridized carbons (Fsp3) is 0.320. The summed E-state index contributed by atoms with van der Waals surface area (Å²) in [6.45, 7) is 5.67. The molecule has 0 N–H and O–H groups in total. The summed E-state index contributed by atoms with van der Waals surface area (Å²) < 4.78 is 2.10. The summed E-state index contributed by atoms with van der Waals surface area (Å²) in [5, 5.41) is 0. The first-order chi connectivity index (χ1) is 14.2. The molecule has 2 aliphatic rings.